The van der Waals surface area contributed by atoms with Gasteiger partial charge in [0, 0.05) is 24.0 Å². The van der Waals surface area contributed by atoms with E-state index >= 15 is 0 Å². The van der Waals surface area contributed by atoms with Gasteiger partial charge in [0.25, 0.3) is 0 Å². The number of halogens is 1. The molecule has 0 aromatic carbocycles. The predicted molar refractivity (Wildman–Crippen MR) is 83.7 cm³/mol. The van der Waals surface area contributed by atoms with Crippen LogP contribution >= 0.6 is 38.6 Å². The summed E-state index contributed by atoms with van der Waals surface area (Å²) in [6, 6.07) is 4.56. The third kappa shape index (κ3) is 2.31. The number of fused-ring (bicyclic) bond motifs is 1. The van der Waals surface area contributed by atoms with Gasteiger partial charge in [-0.1, -0.05) is 0 Å². The summed E-state index contributed by atoms with van der Waals surface area (Å²) in [6.45, 7) is 2.13. The molecule has 0 saturated heterocycles. The molecule has 2 aromatic rings. The fourth-order valence-corrected chi connectivity index (χ4v) is 5.38. The van der Waals surface area contributed by atoms with E-state index in [0.717, 1.165) is 0 Å². The normalized spacial score (nSPS) is 16.6. The number of aryl methyl sites for hydroxylation is 3. The SMILES string of the molecule is Cc1sc(C(N)c2cc3c(s2)CCCC3)cc1Br. The molecule has 1 aliphatic rings. The minimum absolute atomic E-state index is 0.0515. The van der Waals surface area contributed by atoms with Gasteiger partial charge in [0.1, 0.15) is 0 Å². The summed E-state index contributed by atoms with van der Waals surface area (Å²) in [4.78, 5) is 5.47. The molecule has 0 radical (unpaired) electrons. The molecule has 0 aliphatic heterocycles. The van der Waals surface area contributed by atoms with Gasteiger partial charge in [0.05, 0.1) is 6.04 Å². The van der Waals surface area contributed by atoms with Crippen molar-refractivity contribution in [3.63, 3.8) is 0 Å². The van der Waals surface area contributed by atoms with Crippen molar-refractivity contribution in [3.05, 3.63) is 41.7 Å². The molecule has 1 nitrogen and oxygen atoms in total. The lowest BCUT2D eigenvalue weighted by atomic mass is 9.99. The van der Waals surface area contributed by atoms with Crippen LogP contribution in [0.5, 0.6) is 0 Å². The monoisotopic (exact) mass is 341 g/mol. The highest BCUT2D eigenvalue weighted by molar-refractivity contribution is 9.10. The standard InChI is InChI=1S/C14H16BrNS2/c1-8-10(15)7-13(17-8)14(16)12-6-9-4-2-3-5-11(9)18-12/h6-7,14H,2-5,16H2,1H3. The zero-order valence-corrected chi connectivity index (χ0v) is 13.6. The molecule has 3 rings (SSSR count). The predicted octanol–water partition coefficient (Wildman–Crippen LogP) is 4.81. The van der Waals surface area contributed by atoms with Gasteiger partial charge in [0.2, 0.25) is 0 Å². The largest absolute Gasteiger partial charge is 0.319 e. The van der Waals surface area contributed by atoms with Crippen LogP contribution in [0, 0.1) is 6.92 Å². The Morgan fingerprint density at radius 1 is 1.17 bits per heavy atom. The fraction of sp³-hybridized carbons (Fsp3) is 0.429. The highest BCUT2D eigenvalue weighted by atomic mass is 79.9. The number of hydrogen-bond donors (Lipinski definition) is 1. The van der Waals surface area contributed by atoms with Gasteiger partial charge in [-0.3, -0.25) is 0 Å². The number of rotatable bonds is 2. The van der Waals surface area contributed by atoms with Gasteiger partial charge >= 0.3 is 0 Å². The van der Waals surface area contributed by atoms with Crippen LogP contribution in [0.15, 0.2) is 16.6 Å². The summed E-state index contributed by atoms with van der Waals surface area (Å²) in [5.41, 5.74) is 7.96. The van der Waals surface area contributed by atoms with E-state index in [4.69, 9.17) is 5.73 Å². The van der Waals surface area contributed by atoms with Gasteiger partial charge in [-0.2, -0.15) is 0 Å². The van der Waals surface area contributed by atoms with Crippen molar-refractivity contribution in [1.82, 2.24) is 0 Å². The first-order chi connectivity index (χ1) is 8.65. The van der Waals surface area contributed by atoms with Gasteiger partial charge < -0.3 is 5.73 Å². The minimum Gasteiger partial charge on any atom is -0.319 e. The molecule has 0 fully saturated rings. The highest BCUT2D eigenvalue weighted by Gasteiger charge is 2.19. The fourth-order valence-electron chi connectivity index (χ4n) is 2.44. The smallest absolute Gasteiger partial charge is 0.0740 e. The van der Waals surface area contributed by atoms with E-state index in [2.05, 4.69) is 35.0 Å². The van der Waals surface area contributed by atoms with Crippen LogP contribution in [0.2, 0.25) is 0 Å². The third-order valence-electron chi connectivity index (χ3n) is 3.50. The van der Waals surface area contributed by atoms with Crippen molar-refractivity contribution >= 4 is 38.6 Å². The van der Waals surface area contributed by atoms with E-state index in [1.165, 1.54) is 44.8 Å². The molecule has 2 aromatic heterocycles. The van der Waals surface area contributed by atoms with E-state index in [1.54, 1.807) is 21.8 Å². The lowest BCUT2D eigenvalue weighted by Crippen LogP contribution is -2.08. The van der Waals surface area contributed by atoms with Crippen LogP contribution in [0.3, 0.4) is 0 Å². The molecule has 1 unspecified atom stereocenters. The molecule has 0 amide bonds. The molecule has 4 heteroatoms. The second-order valence-electron chi connectivity index (χ2n) is 4.83. The first kappa shape index (κ1) is 12.9. The molecule has 96 valence electrons. The summed E-state index contributed by atoms with van der Waals surface area (Å²) >= 11 is 7.29. The van der Waals surface area contributed by atoms with Gasteiger partial charge in [0.15, 0.2) is 0 Å². The highest BCUT2D eigenvalue weighted by Crippen LogP contribution is 2.37. The Morgan fingerprint density at radius 3 is 2.56 bits per heavy atom. The molecule has 18 heavy (non-hydrogen) atoms. The van der Waals surface area contributed by atoms with Crippen LogP contribution in [0.4, 0.5) is 0 Å². The molecule has 2 heterocycles. The molecule has 2 N–H and O–H groups in total. The molecular weight excluding hydrogens is 326 g/mol. The summed E-state index contributed by atoms with van der Waals surface area (Å²) < 4.78 is 1.18. The van der Waals surface area contributed by atoms with E-state index in [1.807, 2.05) is 11.3 Å². The Hall–Kier alpha value is -0.160. The molecular formula is C14H16BrNS2. The maximum absolute atomic E-state index is 6.41. The van der Waals surface area contributed by atoms with Gasteiger partial charge in [-0.05, 0) is 66.2 Å². The second-order valence-corrected chi connectivity index (χ2v) is 8.15. The van der Waals surface area contributed by atoms with Gasteiger partial charge in [-0.15, -0.1) is 22.7 Å². The third-order valence-corrected chi connectivity index (χ3v) is 7.04. The molecule has 0 spiro atoms. The first-order valence-corrected chi connectivity index (χ1v) is 8.70. The van der Waals surface area contributed by atoms with Crippen molar-refractivity contribution in [1.29, 1.82) is 0 Å². The Kier molecular flexibility index (Phi) is 3.63. The average Bonchev–Trinajstić information content (AvgIpc) is 2.93. The van der Waals surface area contributed by atoms with Crippen LogP contribution in [0.1, 0.15) is 44.0 Å². The van der Waals surface area contributed by atoms with Crippen molar-refractivity contribution in [2.45, 2.75) is 38.6 Å². The maximum Gasteiger partial charge on any atom is 0.0740 e. The minimum atomic E-state index is 0.0515. The Morgan fingerprint density at radius 2 is 1.89 bits per heavy atom. The van der Waals surface area contributed by atoms with E-state index < -0.39 is 0 Å². The number of nitrogens with two attached hydrogens (primary N) is 1. The second kappa shape index (κ2) is 5.08. The molecule has 1 atom stereocenters. The average molecular weight is 342 g/mol. The van der Waals surface area contributed by atoms with Crippen LogP contribution < -0.4 is 5.73 Å². The van der Waals surface area contributed by atoms with E-state index in [0.29, 0.717) is 0 Å². The summed E-state index contributed by atoms with van der Waals surface area (Å²) in [6.07, 6.45) is 5.17. The molecule has 1 aliphatic carbocycles. The Bertz CT molecular complexity index is 527. The van der Waals surface area contributed by atoms with E-state index in [9.17, 15) is 0 Å². The van der Waals surface area contributed by atoms with Crippen LogP contribution in [0.25, 0.3) is 0 Å². The molecule has 0 bridgehead atoms. The Labute approximate surface area is 124 Å². The zero-order valence-electron chi connectivity index (χ0n) is 10.3. The summed E-state index contributed by atoms with van der Waals surface area (Å²) in [5.74, 6) is 0. The maximum atomic E-state index is 6.41. The lowest BCUT2D eigenvalue weighted by Gasteiger charge is -2.08. The number of hydrogen-bond acceptors (Lipinski definition) is 3. The quantitative estimate of drug-likeness (QED) is 0.833. The first-order valence-electron chi connectivity index (χ1n) is 6.28. The van der Waals surface area contributed by atoms with Crippen LogP contribution in [-0.4, -0.2) is 0 Å². The zero-order chi connectivity index (χ0) is 12.7. The lowest BCUT2D eigenvalue weighted by molar-refractivity contribution is 0.696. The van der Waals surface area contributed by atoms with Crippen molar-refractivity contribution < 1.29 is 0 Å². The van der Waals surface area contributed by atoms with Crippen molar-refractivity contribution in [2.75, 3.05) is 0 Å². The topological polar surface area (TPSA) is 26.0 Å². The Balaban J connectivity index is 1.92. The van der Waals surface area contributed by atoms with Crippen LogP contribution in [-0.2, 0) is 12.8 Å². The van der Waals surface area contributed by atoms with Crippen molar-refractivity contribution in [3.8, 4) is 0 Å². The van der Waals surface area contributed by atoms with Crippen molar-refractivity contribution in [2.24, 2.45) is 5.73 Å². The van der Waals surface area contributed by atoms with Gasteiger partial charge in [-0.25, -0.2) is 0 Å². The van der Waals surface area contributed by atoms with E-state index in [-0.39, 0.29) is 6.04 Å². The molecule has 0 saturated carbocycles. The summed E-state index contributed by atoms with van der Waals surface area (Å²) in [5, 5.41) is 0. The number of thiophene rings is 2. The summed E-state index contributed by atoms with van der Waals surface area (Å²) in [7, 11) is 0.